The molecule has 0 aromatic rings. The van der Waals surface area contributed by atoms with Crippen LogP contribution in [0.3, 0.4) is 0 Å². The second-order valence-corrected chi connectivity index (χ2v) is 4.07. The zero-order chi connectivity index (χ0) is 14.1. The van der Waals surface area contributed by atoms with Crippen molar-refractivity contribution in [3.63, 3.8) is 0 Å². The molecule has 1 rings (SSSR count). The Morgan fingerprint density at radius 2 is 2.16 bits per heavy atom. The summed E-state index contributed by atoms with van der Waals surface area (Å²) < 4.78 is 15.3. The number of hydrogen-bond donors (Lipinski definition) is 2. The van der Waals surface area contributed by atoms with Gasteiger partial charge in [0, 0.05) is 13.2 Å². The topological polar surface area (TPSA) is 94.1 Å². The Kier molecular flexibility index (Phi) is 6.91. The molecule has 1 heterocycles. The lowest BCUT2D eigenvalue weighted by atomic mass is 10.1. The molecule has 2 N–H and O–H groups in total. The minimum atomic E-state index is -1.16. The van der Waals surface area contributed by atoms with Crippen LogP contribution in [0.15, 0.2) is 12.7 Å². The van der Waals surface area contributed by atoms with E-state index in [1.54, 1.807) is 0 Å². The van der Waals surface area contributed by atoms with Crippen molar-refractivity contribution in [2.75, 3.05) is 26.4 Å². The fourth-order valence-electron chi connectivity index (χ4n) is 1.57. The van der Waals surface area contributed by atoms with Gasteiger partial charge in [-0.1, -0.05) is 12.7 Å². The highest BCUT2D eigenvalue weighted by atomic mass is 16.5. The number of amides is 1. The summed E-state index contributed by atoms with van der Waals surface area (Å²) in [5.74, 6) is -1.16. The van der Waals surface area contributed by atoms with Gasteiger partial charge in [0.05, 0.1) is 12.7 Å². The third-order valence-corrected chi connectivity index (χ3v) is 2.59. The number of ether oxygens (including phenoxy) is 3. The molecule has 0 unspecified atom stereocenters. The fraction of sp³-hybridized carbons (Fsp3) is 0.667. The number of aliphatic carboxylic acids is 1. The van der Waals surface area contributed by atoms with Gasteiger partial charge in [0.15, 0.2) is 6.04 Å². The van der Waals surface area contributed by atoms with Crippen LogP contribution in [-0.2, 0) is 19.0 Å². The van der Waals surface area contributed by atoms with E-state index in [0.717, 1.165) is 12.8 Å². The molecule has 1 aliphatic heterocycles. The molecular weight excluding hydrogens is 254 g/mol. The Morgan fingerprint density at radius 3 is 2.74 bits per heavy atom. The monoisotopic (exact) mass is 273 g/mol. The predicted molar refractivity (Wildman–Crippen MR) is 65.9 cm³/mol. The summed E-state index contributed by atoms with van der Waals surface area (Å²) in [7, 11) is 0. The summed E-state index contributed by atoms with van der Waals surface area (Å²) in [5, 5.41) is 11.2. The summed E-state index contributed by atoms with van der Waals surface area (Å²) in [6.07, 6.45) is 2.03. The lowest BCUT2D eigenvalue weighted by Gasteiger charge is -2.24. The van der Waals surface area contributed by atoms with Crippen molar-refractivity contribution >= 4 is 12.1 Å². The Labute approximate surface area is 111 Å². The standard InChI is InChI=1S/C12H19NO6/c1-2-5-18-12(16)13-10(11(14)15)8-19-9-3-6-17-7-4-9/h2,9-10H,1,3-8H2,(H,13,16)(H,14,15)/t10-/m0/s1. The van der Waals surface area contributed by atoms with Crippen molar-refractivity contribution in [2.24, 2.45) is 0 Å². The molecule has 7 nitrogen and oxygen atoms in total. The van der Waals surface area contributed by atoms with Gasteiger partial charge in [0.2, 0.25) is 0 Å². The van der Waals surface area contributed by atoms with Gasteiger partial charge in [-0.3, -0.25) is 0 Å². The average Bonchev–Trinajstić information content (AvgIpc) is 2.42. The maximum Gasteiger partial charge on any atom is 0.408 e. The normalized spacial score (nSPS) is 17.5. The zero-order valence-corrected chi connectivity index (χ0v) is 10.7. The highest BCUT2D eigenvalue weighted by molar-refractivity contribution is 5.80. The Morgan fingerprint density at radius 1 is 1.47 bits per heavy atom. The number of carboxylic acids is 1. The van der Waals surface area contributed by atoms with Crippen LogP contribution in [0.25, 0.3) is 0 Å². The van der Waals surface area contributed by atoms with E-state index in [-0.39, 0.29) is 19.3 Å². The largest absolute Gasteiger partial charge is 0.480 e. The molecule has 0 saturated carbocycles. The number of nitrogens with one attached hydrogen (secondary N) is 1. The molecule has 0 aliphatic carbocycles. The van der Waals surface area contributed by atoms with E-state index < -0.39 is 18.1 Å². The van der Waals surface area contributed by atoms with Crippen LogP contribution in [-0.4, -0.2) is 55.7 Å². The highest BCUT2D eigenvalue weighted by Gasteiger charge is 2.23. The van der Waals surface area contributed by atoms with Gasteiger partial charge in [-0.25, -0.2) is 9.59 Å². The number of carbonyl (C=O) groups is 2. The molecule has 1 aliphatic rings. The Bertz CT molecular complexity index is 313. The summed E-state index contributed by atoms with van der Waals surface area (Å²) in [6, 6.07) is -1.12. The first-order valence-corrected chi connectivity index (χ1v) is 6.09. The molecule has 108 valence electrons. The second-order valence-electron chi connectivity index (χ2n) is 4.07. The van der Waals surface area contributed by atoms with Crippen LogP contribution in [0.2, 0.25) is 0 Å². The summed E-state index contributed by atoms with van der Waals surface area (Å²) in [4.78, 5) is 22.2. The third-order valence-electron chi connectivity index (χ3n) is 2.59. The van der Waals surface area contributed by atoms with E-state index >= 15 is 0 Å². The first kappa shape index (κ1) is 15.5. The minimum Gasteiger partial charge on any atom is -0.480 e. The highest BCUT2D eigenvalue weighted by Crippen LogP contribution is 2.10. The van der Waals surface area contributed by atoms with Gasteiger partial charge in [-0.15, -0.1) is 0 Å². The average molecular weight is 273 g/mol. The molecule has 7 heteroatoms. The Hall–Kier alpha value is -1.60. The molecule has 19 heavy (non-hydrogen) atoms. The van der Waals surface area contributed by atoms with Gasteiger partial charge in [-0.2, -0.15) is 0 Å². The molecule has 0 bridgehead atoms. The van der Waals surface area contributed by atoms with Crippen LogP contribution >= 0.6 is 0 Å². The lowest BCUT2D eigenvalue weighted by Crippen LogP contribution is -2.45. The smallest absolute Gasteiger partial charge is 0.408 e. The molecule has 0 spiro atoms. The molecular formula is C12H19NO6. The van der Waals surface area contributed by atoms with Gasteiger partial charge < -0.3 is 24.6 Å². The SMILES string of the molecule is C=CCOC(=O)N[C@@H](COC1CCOCC1)C(=O)O. The van der Waals surface area contributed by atoms with E-state index in [9.17, 15) is 9.59 Å². The zero-order valence-electron chi connectivity index (χ0n) is 10.7. The van der Waals surface area contributed by atoms with Gasteiger partial charge >= 0.3 is 12.1 Å². The van der Waals surface area contributed by atoms with Crippen molar-refractivity contribution in [1.82, 2.24) is 5.32 Å². The maximum atomic E-state index is 11.2. The summed E-state index contributed by atoms with van der Waals surface area (Å²) in [5.41, 5.74) is 0. The predicted octanol–water partition coefficient (Wildman–Crippen LogP) is 0.547. The molecule has 1 amide bonds. The van der Waals surface area contributed by atoms with Crippen molar-refractivity contribution in [2.45, 2.75) is 25.0 Å². The third kappa shape index (κ3) is 6.21. The van der Waals surface area contributed by atoms with Crippen molar-refractivity contribution in [3.05, 3.63) is 12.7 Å². The van der Waals surface area contributed by atoms with E-state index in [0.29, 0.717) is 13.2 Å². The number of carbonyl (C=O) groups excluding carboxylic acids is 1. The van der Waals surface area contributed by atoms with Gasteiger partial charge in [0.25, 0.3) is 0 Å². The summed E-state index contributed by atoms with van der Waals surface area (Å²) in [6.45, 7) is 4.54. The molecule has 1 atom stereocenters. The van der Waals surface area contributed by atoms with Crippen LogP contribution in [0, 0.1) is 0 Å². The maximum absolute atomic E-state index is 11.2. The van der Waals surface area contributed by atoms with E-state index in [4.69, 9.17) is 14.6 Å². The van der Waals surface area contributed by atoms with Crippen molar-refractivity contribution in [3.8, 4) is 0 Å². The van der Waals surface area contributed by atoms with Gasteiger partial charge in [0.1, 0.15) is 6.61 Å². The molecule has 1 saturated heterocycles. The van der Waals surface area contributed by atoms with Gasteiger partial charge in [-0.05, 0) is 12.8 Å². The fourth-order valence-corrected chi connectivity index (χ4v) is 1.57. The van der Waals surface area contributed by atoms with Crippen molar-refractivity contribution in [1.29, 1.82) is 0 Å². The molecule has 0 aromatic heterocycles. The number of carboxylic acid groups (broad SMARTS) is 1. The number of alkyl carbamates (subject to hydrolysis) is 1. The van der Waals surface area contributed by atoms with E-state index in [2.05, 4.69) is 16.6 Å². The quantitative estimate of drug-likeness (QED) is 0.658. The van der Waals surface area contributed by atoms with Crippen LogP contribution < -0.4 is 5.32 Å². The molecule has 0 radical (unpaired) electrons. The van der Waals surface area contributed by atoms with E-state index in [1.807, 2.05) is 0 Å². The summed E-state index contributed by atoms with van der Waals surface area (Å²) >= 11 is 0. The van der Waals surface area contributed by atoms with E-state index in [1.165, 1.54) is 6.08 Å². The minimum absolute atomic E-state index is 0.0263. The van der Waals surface area contributed by atoms with Crippen LogP contribution in [0.4, 0.5) is 4.79 Å². The Balaban J connectivity index is 2.32. The van der Waals surface area contributed by atoms with Crippen LogP contribution in [0.1, 0.15) is 12.8 Å². The first-order valence-electron chi connectivity index (χ1n) is 6.09. The molecule has 1 fully saturated rings. The number of rotatable bonds is 7. The number of hydrogen-bond acceptors (Lipinski definition) is 5. The first-order chi connectivity index (χ1) is 9.13. The van der Waals surface area contributed by atoms with Crippen molar-refractivity contribution < 1.29 is 28.9 Å². The van der Waals surface area contributed by atoms with Crippen LogP contribution in [0.5, 0.6) is 0 Å². The molecule has 0 aromatic carbocycles. The second kappa shape index (κ2) is 8.49. The lowest BCUT2D eigenvalue weighted by molar-refractivity contribution is -0.142.